The molecular formula is C24H23N7O. The van der Waals surface area contributed by atoms with Crippen molar-refractivity contribution in [3.05, 3.63) is 67.3 Å². The minimum absolute atomic E-state index is 0.618. The molecule has 1 atom stereocenters. The summed E-state index contributed by atoms with van der Waals surface area (Å²) >= 11 is 0. The summed E-state index contributed by atoms with van der Waals surface area (Å²) in [6.45, 7) is 3.40. The molecule has 1 fully saturated rings. The Bertz CT molecular complexity index is 1420. The predicted octanol–water partition coefficient (Wildman–Crippen LogP) is 3.98. The molecule has 160 valence electrons. The SMILES string of the molecule is C[C@@]1(O)CCN(c2ccc(Nc3nc(-c4ccc5cn[nH]c5c4)cn4ccnc34)cc2)C1. The molecule has 5 aromatic rings. The number of anilines is 3. The van der Waals surface area contributed by atoms with Gasteiger partial charge in [0.1, 0.15) is 0 Å². The lowest BCUT2D eigenvalue weighted by atomic mass is 10.1. The Kier molecular flexibility index (Phi) is 4.16. The van der Waals surface area contributed by atoms with E-state index < -0.39 is 5.60 Å². The number of aromatic amines is 1. The Labute approximate surface area is 184 Å². The summed E-state index contributed by atoms with van der Waals surface area (Å²) < 4.78 is 1.97. The summed E-state index contributed by atoms with van der Waals surface area (Å²) in [5, 5.41) is 21.9. The van der Waals surface area contributed by atoms with Gasteiger partial charge in [-0.25, -0.2) is 9.97 Å². The van der Waals surface area contributed by atoms with Gasteiger partial charge >= 0.3 is 0 Å². The van der Waals surface area contributed by atoms with Crippen LogP contribution >= 0.6 is 0 Å². The van der Waals surface area contributed by atoms with Crippen LogP contribution in [0.5, 0.6) is 0 Å². The molecule has 0 radical (unpaired) electrons. The van der Waals surface area contributed by atoms with Crippen LogP contribution in [0.15, 0.2) is 67.3 Å². The molecular weight excluding hydrogens is 402 g/mol. The maximum Gasteiger partial charge on any atom is 0.180 e. The highest BCUT2D eigenvalue weighted by atomic mass is 16.3. The largest absolute Gasteiger partial charge is 0.388 e. The Morgan fingerprint density at radius 3 is 2.84 bits per heavy atom. The molecule has 2 aromatic carbocycles. The first-order valence-corrected chi connectivity index (χ1v) is 10.7. The van der Waals surface area contributed by atoms with E-state index in [0.717, 1.165) is 52.1 Å². The number of aliphatic hydroxyl groups is 1. The minimum Gasteiger partial charge on any atom is -0.388 e. The van der Waals surface area contributed by atoms with E-state index in [1.54, 1.807) is 6.20 Å². The third kappa shape index (κ3) is 3.34. The fraction of sp³-hybridized carbons (Fsp3) is 0.208. The number of imidazole rings is 1. The summed E-state index contributed by atoms with van der Waals surface area (Å²) in [5.41, 5.74) is 4.98. The molecule has 1 aliphatic rings. The number of benzene rings is 2. The van der Waals surface area contributed by atoms with Crippen LogP contribution in [0.3, 0.4) is 0 Å². The van der Waals surface area contributed by atoms with Gasteiger partial charge in [-0.1, -0.05) is 12.1 Å². The second-order valence-electron chi connectivity index (χ2n) is 8.65. The highest BCUT2D eigenvalue weighted by Crippen LogP contribution is 2.29. The van der Waals surface area contributed by atoms with Crippen LogP contribution in [0, 0.1) is 0 Å². The van der Waals surface area contributed by atoms with Gasteiger partial charge < -0.3 is 19.7 Å². The van der Waals surface area contributed by atoms with Crippen molar-refractivity contribution in [1.82, 2.24) is 24.6 Å². The third-order valence-corrected chi connectivity index (χ3v) is 6.06. The Morgan fingerprint density at radius 2 is 2.03 bits per heavy atom. The molecule has 3 aromatic heterocycles. The van der Waals surface area contributed by atoms with Gasteiger partial charge in [0.2, 0.25) is 0 Å². The van der Waals surface area contributed by atoms with Crippen LogP contribution in [0.4, 0.5) is 17.2 Å². The fourth-order valence-corrected chi connectivity index (χ4v) is 4.31. The zero-order chi connectivity index (χ0) is 21.7. The molecule has 1 saturated heterocycles. The molecule has 32 heavy (non-hydrogen) atoms. The standard InChI is InChI=1S/C24H23N7O/c1-24(32)8-10-31(15-24)19-6-4-18(5-7-19)27-22-23-25-9-11-30(23)14-21(28-22)16-2-3-17-13-26-29-20(17)12-16/h2-7,9,11-14,32H,8,10,15H2,1H3,(H,26,29)(H,27,28)/t24-/m1/s1. The number of nitrogens with one attached hydrogen (secondary N) is 2. The van der Waals surface area contributed by atoms with Gasteiger partial charge in [-0.15, -0.1) is 0 Å². The minimum atomic E-state index is -0.618. The lowest BCUT2D eigenvalue weighted by Crippen LogP contribution is -2.29. The van der Waals surface area contributed by atoms with Crippen molar-refractivity contribution in [3.63, 3.8) is 0 Å². The summed E-state index contributed by atoms with van der Waals surface area (Å²) in [6.07, 6.45) is 8.26. The maximum atomic E-state index is 10.2. The molecule has 0 spiro atoms. The third-order valence-electron chi connectivity index (χ3n) is 6.06. The van der Waals surface area contributed by atoms with Crippen molar-refractivity contribution in [2.75, 3.05) is 23.3 Å². The number of aromatic nitrogens is 5. The molecule has 4 heterocycles. The highest BCUT2D eigenvalue weighted by Gasteiger charge is 2.31. The number of β-amino-alcohol motifs (C(OH)–C–C–N with tert-alkyl or cyclic N) is 1. The van der Waals surface area contributed by atoms with Crippen molar-refractivity contribution in [1.29, 1.82) is 0 Å². The van der Waals surface area contributed by atoms with Gasteiger partial charge in [0.15, 0.2) is 11.5 Å². The first-order chi connectivity index (χ1) is 15.5. The fourth-order valence-electron chi connectivity index (χ4n) is 4.31. The van der Waals surface area contributed by atoms with E-state index in [9.17, 15) is 5.11 Å². The lowest BCUT2D eigenvalue weighted by molar-refractivity contribution is 0.0839. The molecule has 0 bridgehead atoms. The molecule has 1 aliphatic heterocycles. The van der Waals surface area contributed by atoms with Gasteiger partial charge in [-0.05, 0) is 43.7 Å². The molecule has 6 rings (SSSR count). The van der Waals surface area contributed by atoms with Crippen molar-refractivity contribution in [2.45, 2.75) is 18.9 Å². The second-order valence-corrected chi connectivity index (χ2v) is 8.65. The number of hydrogen-bond acceptors (Lipinski definition) is 6. The van der Waals surface area contributed by atoms with Gasteiger partial charge in [-0.3, -0.25) is 5.10 Å². The van der Waals surface area contributed by atoms with Gasteiger partial charge in [-0.2, -0.15) is 5.10 Å². The van der Waals surface area contributed by atoms with Crippen LogP contribution in [0.1, 0.15) is 13.3 Å². The number of hydrogen-bond donors (Lipinski definition) is 3. The number of H-pyrrole nitrogens is 1. The van der Waals surface area contributed by atoms with Crippen LogP contribution in [-0.4, -0.2) is 48.4 Å². The van der Waals surface area contributed by atoms with Gasteiger partial charge in [0, 0.05) is 54.0 Å². The van der Waals surface area contributed by atoms with E-state index in [0.29, 0.717) is 12.4 Å². The van der Waals surface area contributed by atoms with Crippen LogP contribution < -0.4 is 10.2 Å². The summed E-state index contributed by atoms with van der Waals surface area (Å²) in [5.74, 6) is 0.689. The van der Waals surface area contributed by atoms with Crippen molar-refractivity contribution >= 4 is 33.7 Å². The molecule has 0 unspecified atom stereocenters. The monoisotopic (exact) mass is 425 g/mol. The first kappa shape index (κ1) is 18.8. The zero-order valence-electron chi connectivity index (χ0n) is 17.7. The summed E-state index contributed by atoms with van der Waals surface area (Å²) in [6, 6.07) is 14.4. The van der Waals surface area contributed by atoms with Crippen molar-refractivity contribution in [3.8, 4) is 11.3 Å². The summed E-state index contributed by atoms with van der Waals surface area (Å²) in [4.78, 5) is 11.6. The van der Waals surface area contributed by atoms with Crippen LogP contribution in [0.2, 0.25) is 0 Å². The Hall–Kier alpha value is -3.91. The quantitative estimate of drug-likeness (QED) is 0.403. The van der Waals surface area contributed by atoms with E-state index in [1.165, 1.54) is 0 Å². The van der Waals surface area contributed by atoms with Crippen molar-refractivity contribution < 1.29 is 5.11 Å². The van der Waals surface area contributed by atoms with E-state index in [2.05, 4.69) is 43.6 Å². The average Bonchev–Trinajstić information content (AvgIpc) is 3.52. The molecule has 8 heteroatoms. The topological polar surface area (TPSA) is 94.4 Å². The molecule has 0 saturated carbocycles. The zero-order valence-corrected chi connectivity index (χ0v) is 17.7. The van der Waals surface area contributed by atoms with E-state index in [-0.39, 0.29) is 0 Å². The Morgan fingerprint density at radius 1 is 1.16 bits per heavy atom. The van der Waals surface area contributed by atoms with E-state index in [1.807, 2.05) is 54.2 Å². The van der Waals surface area contributed by atoms with Crippen LogP contribution in [0.25, 0.3) is 27.8 Å². The van der Waals surface area contributed by atoms with Gasteiger partial charge in [0.25, 0.3) is 0 Å². The predicted molar refractivity (Wildman–Crippen MR) is 125 cm³/mol. The maximum absolute atomic E-state index is 10.2. The highest BCUT2D eigenvalue weighted by molar-refractivity contribution is 5.84. The second kappa shape index (κ2) is 7.06. The Balaban J connectivity index is 1.32. The average molecular weight is 425 g/mol. The van der Waals surface area contributed by atoms with Gasteiger partial charge in [0.05, 0.1) is 23.0 Å². The normalized spacial score (nSPS) is 18.6. The lowest BCUT2D eigenvalue weighted by Gasteiger charge is -2.21. The van der Waals surface area contributed by atoms with E-state index in [4.69, 9.17) is 4.98 Å². The van der Waals surface area contributed by atoms with Crippen molar-refractivity contribution in [2.24, 2.45) is 0 Å². The number of rotatable bonds is 4. The smallest absolute Gasteiger partial charge is 0.180 e. The van der Waals surface area contributed by atoms with E-state index >= 15 is 0 Å². The molecule has 8 nitrogen and oxygen atoms in total. The molecule has 0 amide bonds. The number of fused-ring (bicyclic) bond motifs is 2. The molecule has 0 aliphatic carbocycles. The first-order valence-electron chi connectivity index (χ1n) is 10.7. The summed E-state index contributed by atoms with van der Waals surface area (Å²) in [7, 11) is 0. The molecule has 3 N–H and O–H groups in total. The number of nitrogens with zero attached hydrogens (tertiary/aromatic N) is 5. The van der Waals surface area contributed by atoms with Crippen LogP contribution in [-0.2, 0) is 0 Å².